The van der Waals surface area contributed by atoms with Crippen LogP contribution in [-0.4, -0.2) is 13.2 Å². The molecule has 1 unspecified atom stereocenters. The molecule has 0 saturated carbocycles. The number of benzene rings is 2. The van der Waals surface area contributed by atoms with E-state index in [1.807, 2.05) is 18.2 Å². The Morgan fingerprint density at radius 3 is 2.67 bits per heavy atom. The molecule has 2 aromatic carbocycles. The summed E-state index contributed by atoms with van der Waals surface area (Å²) in [7, 11) is 0. The van der Waals surface area contributed by atoms with Crippen molar-refractivity contribution in [2.24, 2.45) is 11.5 Å². The highest BCUT2D eigenvalue weighted by molar-refractivity contribution is 5.88. The van der Waals surface area contributed by atoms with Gasteiger partial charge in [0.05, 0.1) is 6.61 Å². The second-order valence-corrected chi connectivity index (χ2v) is 4.39. The number of nitrogens with two attached hydrogens (primary N) is 2. The molecule has 96 valence electrons. The van der Waals surface area contributed by atoms with Gasteiger partial charge in [-0.1, -0.05) is 37.3 Å². The fourth-order valence-corrected chi connectivity index (χ4v) is 2.11. The van der Waals surface area contributed by atoms with E-state index in [9.17, 15) is 0 Å². The normalized spacial score (nSPS) is 12.6. The molecule has 0 aromatic heterocycles. The van der Waals surface area contributed by atoms with Gasteiger partial charge in [-0.25, -0.2) is 0 Å². The van der Waals surface area contributed by atoms with Crippen LogP contribution in [0.5, 0.6) is 5.75 Å². The van der Waals surface area contributed by atoms with E-state index in [-0.39, 0.29) is 6.04 Å². The lowest BCUT2D eigenvalue weighted by Gasteiger charge is -2.18. The smallest absolute Gasteiger partial charge is 0.124 e. The van der Waals surface area contributed by atoms with Gasteiger partial charge in [-0.3, -0.25) is 0 Å². The molecule has 0 fully saturated rings. The molecule has 0 amide bonds. The standard InChI is InChI=1S/C15H20N2O/c1-2-9-18-14-8-7-11-5-3-4-6-12(11)15(14)13(17)10-16/h3-8,13H,2,9-10,16-17H2,1H3. The highest BCUT2D eigenvalue weighted by Gasteiger charge is 2.14. The molecule has 1 atom stereocenters. The minimum atomic E-state index is -0.192. The Morgan fingerprint density at radius 1 is 1.17 bits per heavy atom. The van der Waals surface area contributed by atoms with E-state index in [4.69, 9.17) is 16.2 Å². The van der Waals surface area contributed by atoms with E-state index in [0.29, 0.717) is 13.2 Å². The predicted octanol–water partition coefficient (Wildman–Crippen LogP) is 2.59. The van der Waals surface area contributed by atoms with Crippen molar-refractivity contribution >= 4 is 10.8 Å². The first-order valence-corrected chi connectivity index (χ1v) is 6.38. The first kappa shape index (κ1) is 12.9. The van der Waals surface area contributed by atoms with Crippen LogP contribution in [0.4, 0.5) is 0 Å². The lowest BCUT2D eigenvalue weighted by Crippen LogP contribution is -2.22. The summed E-state index contributed by atoms with van der Waals surface area (Å²) >= 11 is 0. The third-order valence-corrected chi connectivity index (χ3v) is 3.02. The van der Waals surface area contributed by atoms with Gasteiger partial charge in [0, 0.05) is 18.2 Å². The second-order valence-electron chi connectivity index (χ2n) is 4.39. The molecule has 3 nitrogen and oxygen atoms in total. The van der Waals surface area contributed by atoms with Crippen LogP contribution in [-0.2, 0) is 0 Å². The number of hydrogen-bond acceptors (Lipinski definition) is 3. The van der Waals surface area contributed by atoms with Crippen molar-refractivity contribution in [3.05, 3.63) is 42.0 Å². The molecule has 0 aliphatic heterocycles. The summed E-state index contributed by atoms with van der Waals surface area (Å²) < 4.78 is 5.78. The quantitative estimate of drug-likeness (QED) is 0.849. The molecular weight excluding hydrogens is 224 g/mol. The van der Waals surface area contributed by atoms with Crippen LogP contribution in [0.15, 0.2) is 36.4 Å². The summed E-state index contributed by atoms with van der Waals surface area (Å²) in [4.78, 5) is 0. The molecule has 0 aliphatic rings. The van der Waals surface area contributed by atoms with E-state index in [1.54, 1.807) is 0 Å². The molecule has 0 radical (unpaired) electrons. The highest BCUT2D eigenvalue weighted by atomic mass is 16.5. The summed E-state index contributed by atoms with van der Waals surface area (Å²) in [6.45, 7) is 3.20. The molecule has 0 saturated heterocycles. The van der Waals surface area contributed by atoms with Crippen molar-refractivity contribution in [3.63, 3.8) is 0 Å². The average Bonchev–Trinajstić information content (AvgIpc) is 2.43. The Hall–Kier alpha value is -1.58. The summed E-state index contributed by atoms with van der Waals surface area (Å²) in [5.41, 5.74) is 12.9. The van der Waals surface area contributed by atoms with Gasteiger partial charge in [-0.15, -0.1) is 0 Å². The van der Waals surface area contributed by atoms with Crippen molar-refractivity contribution < 1.29 is 4.74 Å². The molecule has 4 N–H and O–H groups in total. The van der Waals surface area contributed by atoms with Gasteiger partial charge in [0.2, 0.25) is 0 Å². The maximum Gasteiger partial charge on any atom is 0.124 e. The molecule has 3 heteroatoms. The summed E-state index contributed by atoms with van der Waals surface area (Å²) in [5.74, 6) is 0.855. The van der Waals surface area contributed by atoms with Gasteiger partial charge in [-0.2, -0.15) is 0 Å². The zero-order valence-electron chi connectivity index (χ0n) is 10.7. The molecule has 2 rings (SSSR count). The van der Waals surface area contributed by atoms with E-state index in [0.717, 1.165) is 23.1 Å². The van der Waals surface area contributed by atoms with Crippen LogP contribution in [0.25, 0.3) is 10.8 Å². The van der Waals surface area contributed by atoms with Crippen molar-refractivity contribution in [2.45, 2.75) is 19.4 Å². The first-order valence-electron chi connectivity index (χ1n) is 6.38. The van der Waals surface area contributed by atoms with Gasteiger partial charge in [-0.05, 0) is 23.3 Å². The zero-order chi connectivity index (χ0) is 13.0. The largest absolute Gasteiger partial charge is 0.493 e. The maximum absolute atomic E-state index is 6.13. The Balaban J connectivity index is 2.55. The Labute approximate surface area is 108 Å². The van der Waals surface area contributed by atoms with Crippen LogP contribution in [0.1, 0.15) is 24.9 Å². The number of hydrogen-bond donors (Lipinski definition) is 2. The van der Waals surface area contributed by atoms with Crippen molar-refractivity contribution in [2.75, 3.05) is 13.2 Å². The van der Waals surface area contributed by atoms with Gasteiger partial charge < -0.3 is 16.2 Å². The molecule has 0 spiro atoms. The van der Waals surface area contributed by atoms with Gasteiger partial charge in [0.25, 0.3) is 0 Å². The van der Waals surface area contributed by atoms with Gasteiger partial charge >= 0.3 is 0 Å². The molecule has 18 heavy (non-hydrogen) atoms. The predicted molar refractivity (Wildman–Crippen MR) is 75.7 cm³/mol. The van der Waals surface area contributed by atoms with Gasteiger partial charge in [0.15, 0.2) is 0 Å². The van der Waals surface area contributed by atoms with E-state index >= 15 is 0 Å². The van der Waals surface area contributed by atoms with Crippen LogP contribution in [0.2, 0.25) is 0 Å². The number of ether oxygens (including phenoxy) is 1. The highest BCUT2D eigenvalue weighted by Crippen LogP contribution is 2.32. The SMILES string of the molecule is CCCOc1ccc2ccccc2c1C(N)CN. The molecule has 0 heterocycles. The van der Waals surface area contributed by atoms with Gasteiger partial charge in [0.1, 0.15) is 5.75 Å². The third kappa shape index (κ3) is 2.47. The maximum atomic E-state index is 6.13. The Bertz CT molecular complexity index is 525. The zero-order valence-corrected chi connectivity index (χ0v) is 10.7. The van der Waals surface area contributed by atoms with Crippen molar-refractivity contribution in [3.8, 4) is 5.75 Å². The summed E-state index contributed by atoms with van der Waals surface area (Å²) in [5, 5.41) is 2.30. The van der Waals surface area contributed by atoms with Crippen LogP contribution in [0, 0.1) is 0 Å². The van der Waals surface area contributed by atoms with Crippen LogP contribution >= 0.6 is 0 Å². The minimum absolute atomic E-state index is 0.192. The monoisotopic (exact) mass is 244 g/mol. The van der Waals surface area contributed by atoms with Crippen molar-refractivity contribution in [1.29, 1.82) is 0 Å². The topological polar surface area (TPSA) is 61.3 Å². The van der Waals surface area contributed by atoms with E-state index in [2.05, 4.69) is 25.1 Å². The molecule has 0 aliphatic carbocycles. The van der Waals surface area contributed by atoms with Crippen LogP contribution in [0.3, 0.4) is 0 Å². The second kappa shape index (κ2) is 5.85. The molecular formula is C15H20N2O. The lowest BCUT2D eigenvalue weighted by atomic mass is 9.98. The van der Waals surface area contributed by atoms with Crippen molar-refractivity contribution in [1.82, 2.24) is 0 Å². The first-order chi connectivity index (χ1) is 8.77. The fourth-order valence-electron chi connectivity index (χ4n) is 2.11. The Kier molecular flexibility index (Phi) is 4.18. The van der Waals surface area contributed by atoms with Crippen LogP contribution < -0.4 is 16.2 Å². The minimum Gasteiger partial charge on any atom is -0.493 e. The number of rotatable bonds is 5. The van der Waals surface area contributed by atoms with E-state index in [1.165, 1.54) is 5.39 Å². The molecule has 2 aromatic rings. The van der Waals surface area contributed by atoms with E-state index < -0.39 is 0 Å². The fraction of sp³-hybridized carbons (Fsp3) is 0.333. The summed E-state index contributed by atoms with van der Waals surface area (Å²) in [6, 6.07) is 12.0. The lowest BCUT2D eigenvalue weighted by molar-refractivity contribution is 0.313. The number of fused-ring (bicyclic) bond motifs is 1. The summed E-state index contributed by atoms with van der Waals surface area (Å²) in [6.07, 6.45) is 0.976. The Morgan fingerprint density at radius 2 is 1.94 bits per heavy atom. The molecule has 0 bridgehead atoms. The third-order valence-electron chi connectivity index (χ3n) is 3.02. The average molecular weight is 244 g/mol.